The lowest BCUT2D eigenvalue weighted by atomic mass is 10.1. The number of hydrogen-bond donors (Lipinski definition) is 2. The Morgan fingerprint density at radius 1 is 1.29 bits per heavy atom. The highest BCUT2D eigenvalue weighted by Crippen LogP contribution is 2.16. The van der Waals surface area contributed by atoms with Crippen LogP contribution in [0.5, 0.6) is 0 Å². The summed E-state index contributed by atoms with van der Waals surface area (Å²) in [5.74, 6) is 5.13. The fourth-order valence-corrected chi connectivity index (χ4v) is 2.81. The zero-order chi connectivity index (χ0) is 16.1. The first-order valence-electron chi connectivity index (χ1n) is 6.56. The largest absolute Gasteiger partial charge is 0.384 e. The summed E-state index contributed by atoms with van der Waals surface area (Å²) in [7, 11) is 0.147. The van der Waals surface area contributed by atoms with E-state index in [9.17, 15) is 8.42 Å². The molecule has 1 aromatic carbocycles. The number of sulfonamides is 1. The molecule has 0 aliphatic rings. The summed E-state index contributed by atoms with van der Waals surface area (Å²) in [4.78, 5) is 2.08. The summed E-state index contributed by atoms with van der Waals surface area (Å²) >= 11 is 0. The normalized spacial score (nSPS) is 12.1. The van der Waals surface area contributed by atoms with Crippen LogP contribution in [-0.4, -0.2) is 51.2 Å². The molecule has 0 aromatic heterocycles. The van der Waals surface area contributed by atoms with Crippen LogP contribution >= 0.6 is 0 Å². The Bertz CT molecular complexity index is 640. The van der Waals surface area contributed by atoms with Gasteiger partial charge in [-0.05, 0) is 40.1 Å². The van der Waals surface area contributed by atoms with E-state index < -0.39 is 10.0 Å². The molecule has 0 aliphatic carbocycles. The molecule has 1 rings (SSSR count). The molecule has 0 heterocycles. The van der Waals surface area contributed by atoms with E-state index in [4.69, 9.17) is 5.11 Å². The zero-order valence-electron chi connectivity index (χ0n) is 12.8. The van der Waals surface area contributed by atoms with Gasteiger partial charge in [0.15, 0.2) is 0 Å². The molecular formula is C15H22N2O3S. The summed E-state index contributed by atoms with van der Waals surface area (Å²) in [5.41, 5.74) is 0.0698. The summed E-state index contributed by atoms with van der Waals surface area (Å²) in [6.07, 6.45) is 0. The van der Waals surface area contributed by atoms with Crippen molar-refractivity contribution in [1.82, 2.24) is 9.62 Å². The van der Waals surface area contributed by atoms with Gasteiger partial charge in [-0.1, -0.05) is 24.0 Å². The smallest absolute Gasteiger partial charge is 0.241 e. The van der Waals surface area contributed by atoms with Crippen LogP contribution < -0.4 is 4.72 Å². The summed E-state index contributed by atoms with van der Waals surface area (Å²) in [6, 6.07) is 6.49. The van der Waals surface area contributed by atoms with Crippen molar-refractivity contribution in [3.8, 4) is 11.8 Å². The van der Waals surface area contributed by atoms with Crippen molar-refractivity contribution in [2.75, 3.05) is 27.2 Å². The minimum atomic E-state index is -3.65. The second-order valence-corrected chi connectivity index (χ2v) is 7.22. The van der Waals surface area contributed by atoms with E-state index >= 15 is 0 Å². The maximum Gasteiger partial charge on any atom is 0.241 e. The summed E-state index contributed by atoms with van der Waals surface area (Å²) in [6.45, 7) is 3.87. The Labute approximate surface area is 127 Å². The minimum Gasteiger partial charge on any atom is -0.384 e. The molecule has 0 radical (unpaired) electrons. The second kappa shape index (κ2) is 7.05. The van der Waals surface area contributed by atoms with Gasteiger partial charge in [0, 0.05) is 17.6 Å². The van der Waals surface area contributed by atoms with Crippen molar-refractivity contribution in [2.24, 2.45) is 0 Å². The van der Waals surface area contributed by atoms with Crippen LogP contribution in [-0.2, 0) is 10.0 Å². The Morgan fingerprint density at radius 3 is 2.48 bits per heavy atom. The van der Waals surface area contributed by atoms with Gasteiger partial charge in [-0.15, -0.1) is 0 Å². The molecule has 0 saturated heterocycles. The van der Waals surface area contributed by atoms with Crippen LogP contribution in [0.15, 0.2) is 29.2 Å². The van der Waals surface area contributed by atoms with Gasteiger partial charge in [-0.25, -0.2) is 13.1 Å². The first-order chi connectivity index (χ1) is 9.70. The third kappa shape index (κ3) is 4.83. The number of benzene rings is 1. The third-order valence-electron chi connectivity index (χ3n) is 3.38. The molecule has 0 saturated carbocycles. The zero-order valence-corrected chi connectivity index (χ0v) is 13.7. The van der Waals surface area contributed by atoms with E-state index in [1.807, 2.05) is 32.8 Å². The number of hydrogen-bond acceptors (Lipinski definition) is 4. The molecule has 0 atom stereocenters. The number of rotatable bonds is 5. The SMILES string of the molecule is CN(C)C(C)(C)CNS(=O)(=O)c1ccccc1C#CCO. The number of aliphatic hydroxyl groups is 1. The molecule has 0 aliphatic heterocycles. The molecule has 0 fully saturated rings. The Hall–Kier alpha value is -1.39. The highest BCUT2D eigenvalue weighted by molar-refractivity contribution is 7.89. The average molecular weight is 310 g/mol. The van der Waals surface area contributed by atoms with Gasteiger partial charge >= 0.3 is 0 Å². The van der Waals surface area contributed by atoms with Crippen molar-refractivity contribution in [3.05, 3.63) is 29.8 Å². The first kappa shape index (κ1) is 17.7. The van der Waals surface area contributed by atoms with Crippen LogP contribution in [0.3, 0.4) is 0 Å². The molecule has 0 spiro atoms. The lowest BCUT2D eigenvalue weighted by Crippen LogP contribution is -2.48. The van der Waals surface area contributed by atoms with Crippen molar-refractivity contribution in [1.29, 1.82) is 0 Å². The number of likely N-dealkylation sites (N-methyl/N-ethyl adjacent to an activating group) is 1. The van der Waals surface area contributed by atoms with Crippen LogP contribution in [0.4, 0.5) is 0 Å². The molecule has 0 bridgehead atoms. The van der Waals surface area contributed by atoms with Crippen molar-refractivity contribution < 1.29 is 13.5 Å². The Kier molecular flexibility index (Phi) is 5.93. The van der Waals surface area contributed by atoms with Gasteiger partial charge < -0.3 is 10.0 Å². The lowest BCUT2D eigenvalue weighted by molar-refractivity contribution is 0.199. The fraction of sp³-hybridized carbons (Fsp3) is 0.467. The summed E-state index contributed by atoms with van der Waals surface area (Å²) in [5, 5.41) is 8.75. The monoisotopic (exact) mass is 310 g/mol. The van der Waals surface area contributed by atoms with Gasteiger partial charge in [0.05, 0.1) is 4.90 Å². The van der Waals surface area contributed by atoms with E-state index in [0.717, 1.165) is 0 Å². The topological polar surface area (TPSA) is 69.6 Å². The van der Waals surface area contributed by atoms with E-state index in [-0.39, 0.29) is 23.6 Å². The maximum absolute atomic E-state index is 12.4. The fourth-order valence-electron chi connectivity index (χ4n) is 1.45. The second-order valence-electron chi connectivity index (χ2n) is 5.49. The number of nitrogens with zero attached hydrogens (tertiary/aromatic N) is 1. The number of nitrogens with one attached hydrogen (secondary N) is 1. The standard InChI is InChI=1S/C15H22N2O3S/c1-15(2,17(3)4)12-16-21(19,20)14-10-6-5-8-13(14)9-7-11-18/h5-6,8,10,16,18H,11-12H2,1-4H3. The van der Waals surface area contributed by atoms with Gasteiger partial charge in [-0.2, -0.15) is 0 Å². The molecular weight excluding hydrogens is 288 g/mol. The van der Waals surface area contributed by atoms with Gasteiger partial charge in [0.1, 0.15) is 6.61 Å². The quantitative estimate of drug-likeness (QED) is 0.784. The third-order valence-corrected chi connectivity index (χ3v) is 4.84. The first-order valence-corrected chi connectivity index (χ1v) is 8.05. The average Bonchev–Trinajstić information content (AvgIpc) is 2.43. The predicted octanol–water partition coefficient (Wildman–Crippen LogP) is 0.649. The van der Waals surface area contributed by atoms with Crippen molar-refractivity contribution in [3.63, 3.8) is 0 Å². The molecule has 116 valence electrons. The molecule has 21 heavy (non-hydrogen) atoms. The van der Waals surface area contributed by atoms with Crippen molar-refractivity contribution in [2.45, 2.75) is 24.3 Å². The lowest BCUT2D eigenvalue weighted by Gasteiger charge is -2.32. The predicted molar refractivity (Wildman–Crippen MR) is 83.4 cm³/mol. The van der Waals surface area contributed by atoms with Gasteiger partial charge in [0.25, 0.3) is 0 Å². The molecule has 0 amide bonds. The van der Waals surface area contributed by atoms with E-state index in [1.54, 1.807) is 18.2 Å². The van der Waals surface area contributed by atoms with E-state index in [1.165, 1.54) is 6.07 Å². The van der Waals surface area contributed by atoms with E-state index in [0.29, 0.717) is 5.56 Å². The molecule has 1 aromatic rings. The Balaban J connectivity index is 3.04. The van der Waals surface area contributed by atoms with Gasteiger partial charge in [-0.3, -0.25) is 0 Å². The van der Waals surface area contributed by atoms with Crippen molar-refractivity contribution >= 4 is 10.0 Å². The maximum atomic E-state index is 12.4. The highest BCUT2D eigenvalue weighted by atomic mass is 32.2. The van der Waals surface area contributed by atoms with Crippen LogP contribution in [0.1, 0.15) is 19.4 Å². The summed E-state index contributed by atoms with van der Waals surface area (Å²) < 4.78 is 27.5. The van der Waals surface area contributed by atoms with Crippen LogP contribution in [0, 0.1) is 11.8 Å². The minimum absolute atomic E-state index is 0.125. The molecule has 2 N–H and O–H groups in total. The molecule has 0 unspecified atom stereocenters. The van der Waals surface area contributed by atoms with Crippen LogP contribution in [0.25, 0.3) is 0 Å². The number of aliphatic hydroxyl groups excluding tert-OH is 1. The van der Waals surface area contributed by atoms with Crippen LogP contribution in [0.2, 0.25) is 0 Å². The highest BCUT2D eigenvalue weighted by Gasteiger charge is 2.25. The Morgan fingerprint density at radius 2 is 1.90 bits per heavy atom. The molecule has 6 heteroatoms. The molecule has 5 nitrogen and oxygen atoms in total. The van der Waals surface area contributed by atoms with E-state index in [2.05, 4.69) is 16.6 Å². The van der Waals surface area contributed by atoms with Gasteiger partial charge in [0.2, 0.25) is 10.0 Å².